The molecule has 0 bridgehead atoms. The third kappa shape index (κ3) is 9.78. The van der Waals surface area contributed by atoms with Gasteiger partial charge in [0.15, 0.2) is 0 Å². The summed E-state index contributed by atoms with van der Waals surface area (Å²) in [5.41, 5.74) is 2.54. The molecule has 1 unspecified atom stereocenters. The Morgan fingerprint density at radius 3 is 2.04 bits per heavy atom. The number of hydrogen-bond donors (Lipinski definition) is 0. The van der Waals surface area contributed by atoms with Crippen LogP contribution in [0.2, 0.25) is 0 Å². The topological polar surface area (TPSA) is 101 Å². The monoisotopic (exact) mass is 622 g/mol. The van der Waals surface area contributed by atoms with Crippen molar-refractivity contribution in [3.63, 3.8) is 0 Å². The first-order valence-electron chi connectivity index (χ1n) is 15.7. The Labute approximate surface area is 269 Å². The van der Waals surface area contributed by atoms with Gasteiger partial charge in [-0.3, -0.25) is 0 Å². The van der Waals surface area contributed by atoms with Gasteiger partial charge in [-0.1, -0.05) is 75.1 Å². The van der Waals surface area contributed by atoms with Crippen LogP contribution >= 0.6 is 0 Å². The second-order valence-electron chi connectivity index (χ2n) is 11.2. The lowest BCUT2D eigenvalue weighted by molar-refractivity contribution is 0.0465. The minimum absolute atomic E-state index is 0.0102. The van der Waals surface area contributed by atoms with E-state index < -0.39 is 17.9 Å². The lowest BCUT2D eigenvalue weighted by atomic mass is 10.0. The van der Waals surface area contributed by atoms with Gasteiger partial charge in [0.05, 0.1) is 17.7 Å². The van der Waals surface area contributed by atoms with Crippen LogP contribution in [-0.4, -0.2) is 37.2 Å². The Hall–Kier alpha value is -4.95. The van der Waals surface area contributed by atoms with Gasteiger partial charge in [-0.25, -0.2) is 14.4 Å². The molecule has 4 aromatic rings. The highest BCUT2D eigenvalue weighted by Crippen LogP contribution is 2.28. The average Bonchev–Trinajstić information content (AvgIpc) is 3.92. The molecule has 0 aromatic heterocycles. The molecule has 5 rings (SSSR count). The number of carbonyl (C=O) groups excluding carboxylic acids is 3. The predicted molar refractivity (Wildman–Crippen MR) is 173 cm³/mol. The molecule has 8 nitrogen and oxygen atoms in total. The largest absolute Gasteiger partial charge is 0.491 e. The summed E-state index contributed by atoms with van der Waals surface area (Å²) in [6.07, 6.45) is 7.04. The van der Waals surface area contributed by atoms with Crippen molar-refractivity contribution >= 4 is 17.9 Å². The Balaban J connectivity index is 1.26. The number of hydrogen-bond acceptors (Lipinski definition) is 8. The van der Waals surface area contributed by atoms with Crippen LogP contribution in [0.4, 0.5) is 0 Å². The fraction of sp³-hybridized carbons (Fsp3) is 0.289. The van der Waals surface area contributed by atoms with Crippen LogP contribution in [0.1, 0.15) is 81.2 Å². The Morgan fingerprint density at radius 1 is 0.696 bits per heavy atom. The van der Waals surface area contributed by atoms with Gasteiger partial charge < -0.3 is 23.7 Å². The second-order valence-corrected chi connectivity index (χ2v) is 11.2. The summed E-state index contributed by atoms with van der Waals surface area (Å²) in [6, 6.07) is 27.3. The molecule has 238 valence electrons. The van der Waals surface area contributed by atoms with Crippen molar-refractivity contribution in [2.75, 3.05) is 13.2 Å². The predicted octanol–water partition coefficient (Wildman–Crippen LogP) is 7.77. The highest BCUT2D eigenvalue weighted by Gasteiger charge is 2.23. The van der Waals surface area contributed by atoms with Crippen LogP contribution < -0.4 is 14.2 Å². The summed E-state index contributed by atoms with van der Waals surface area (Å²) in [5, 5.41) is 0. The normalized spacial score (nSPS) is 13.5. The van der Waals surface area contributed by atoms with Gasteiger partial charge in [0.1, 0.15) is 42.1 Å². The number of unbranched alkanes of at least 4 members (excludes halogenated alkanes) is 4. The third-order valence-corrected chi connectivity index (χ3v) is 7.48. The van der Waals surface area contributed by atoms with Gasteiger partial charge in [0.25, 0.3) is 0 Å². The number of carbonyl (C=O) groups is 3. The Kier molecular flexibility index (Phi) is 11.6. The average molecular weight is 623 g/mol. The van der Waals surface area contributed by atoms with Crippen LogP contribution in [-0.2, 0) is 22.5 Å². The smallest absolute Gasteiger partial charge is 0.343 e. The van der Waals surface area contributed by atoms with Crippen molar-refractivity contribution < 1.29 is 38.1 Å². The zero-order valence-electron chi connectivity index (χ0n) is 25.9. The molecule has 0 aliphatic carbocycles. The van der Waals surface area contributed by atoms with Crippen LogP contribution in [0.25, 0.3) is 0 Å². The van der Waals surface area contributed by atoms with Crippen LogP contribution in [0.5, 0.6) is 17.2 Å². The van der Waals surface area contributed by atoms with E-state index in [-0.39, 0.29) is 29.8 Å². The number of aryl methyl sites for hydroxylation is 1. The zero-order chi connectivity index (χ0) is 32.1. The van der Waals surface area contributed by atoms with Crippen molar-refractivity contribution in [2.24, 2.45) is 0 Å². The van der Waals surface area contributed by atoms with E-state index in [0.717, 1.165) is 24.0 Å². The maximum Gasteiger partial charge on any atom is 0.343 e. The van der Waals surface area contributed by atoms with Crippen LogP contribution in [0.3, 0.4) is 0 Å². The number of benzene rings is 4. The molecule has 0 spiro atoms. The summed E-state index contributed by atoms with van der Waals surface area (Å²) in [6.45, 7) is 3.35. The first kappa shape index (κ1) is 32.4. The lowest BCUT2D eigenvalue weighted by Gasteiger charge is -2.13. The highest BCUT2D eigenvalue weighted by molar-refractivity contribution is 5.97. The fourth-order valence-corrected chi connectivity index (χ4v) is 4.73. The van der Waals surface area contributed by atoms with E-state index in [1.807, 2.05) is 42.5 Å². The minimum atomic E-state index is -0.732. The van der Waals surface area contributed by atoms with E-state index >= 15 is 0 Å². The summed E-state index contributed by atoms with van der Waals surface area (Å²) < 4.78 is 27.5. The Morgan fingerprint density at radius 2 is 1.35 bits per heavy atom. The number of ether oxygens (including phenoxy) is 5. The maximum absolute atomic E-state index is 13.3. The molecule has 1 aliphatic heterocycles. The summed E-state index contributed by atoms with van der Waals surface area (Å²) in [5.74, 6) is -1.29. The van der Waals surface area contributed by atoms with Crippen LogP contribution in [0.15, 0.2) is 97.1 Å². The molecule has 0 saturated carbocycles. The van der Waals surface area contributed by atoms with Crippen molar-refractivity contribution in [1.29, 1.82) is 0 Å². The van der Waals surface area contributed by atoms with Crippen molar-refractivity contribution in [1.82, 2.24) is 0 Å². The highest BCUT2D eigenvalue weighted by atomic mass is 16.6. The van der Waals surface area contributed by atoms with E-state index in [1.54, 1.807) is 36.4 Å². The van der Waals surface area contributed by atoms with E-state index in [4.69, 9.17) is 23.7 Å². The summed E-state index contributed by atoms with van der Waals surface area (Å²) >= 11 is 0. The summed E-state index contributed by atoms with van der Waals surface area (Å²) in [7, 11) is 0. The molecule has 0 N–H and O–H groups in total. The standard InChI is InChI=1S/C38H38O8/c1-2-3-4-5-7-10-27-13-15-29(16-14-27)37(40)46-35-22-21-32(23-34(35)38(41)44-24-28-11-8-6-9-12-28)45-36(39)30-17-19-31(20-18-30)42-25-33-26-43-33/h6,8-9,11-23,33H,2-5,7,10,24-26H2,1H3. The number of epoxide rings is 1. The first-order chi connectivity index (χ1) is 22.5. The van der Waals surface area contributed by atoms with Crippen molar-refractivity contribution in [3.8, 4) is 17.2 Å². The number of esters is 3. The third-order valence-electron chi connectivity index (χ3n) is 7.48. The number of rotatable bonds is 16. The minimum Gasteiger partial charge on any atom is -0.491 e. The Bertz CT molecular complexity index is 1590. The molecule has 1 saturated heterocycles. The van der Waals surface area contributed by atoms with Gasteiger partial charge in [0.2, 0.25) is 0 Å². The van der Waals surface area contributed by atoms with Gasteiger partial charge in [-0.05, 0) is 78.6 Å². The SMILES string of the molecule is CCCCCCCc1ccc(C(=O)Oc2ccc(OC(=O)c3ccc(OCC4CO4)cc3)cc2C(=O)OCc2ccccc2)cc1. The van der Waals surface area contributed by atoms with Gasteiger partial charge >= 0.3 is 17.9 Å². The maximum atomic E-state index is 13.3. The van der Waals surface area contributed by atoms with E-state index in [1.165, 1.54) is 43.9 Å². The molecule has 8 heteroatoms. The van der Waals surface area contributed by atoms with Crippen molar-refractivity contribution in [3.05, 3.63) is 125 Å². The van der Waals surface area contributed by atoms with Crippen molar-refractivity contribution in [2.45, 2.75) is 58.2 Å². The zero-order valence-corrected chi connectivity index (χ0v) is 25.9. The van der Waals surface area contributed by atoms with E-state index in [2.05, 4.69) is 6.92 Å². The molecule has 1 heterocycles. The molecule has 0 radical (unpaired) electrons. The molecular formula is C38H38O8. The van der Waals surface area contributed by atoms with Gasteiger partial charge in [-0.15, -0.1) is 0 Å². The summed E-state index contributed by atoms with van der Waals surface area (Å²) in [4.78, 5) is 39.2. The fourth-order valence-electron chi connectivity index (χ4n) is 4.73. The van der Waals surface area contributed by atoms with Gasteiger partial charge in [-0.2, -0.15) is 0 Å². The van der Waals surface area contributed by atoms with E-state index in [0.29, 0.717) is 30.1 Å². The molecule has 1 fully saturated rings. The van der Waals surface area contributed by atoms with E-state index in [9.17, 15) is 14.4 Å². The van der Waals surface area contributed by atoms with Gasteiger partial charge in [0, 0.05) is 0 Å². The van der Waals surface area contributed by atoms with Crippen LogP contribution in [0, 0.1) is 0 Å². The molecule has 1 aliphatic rings. The lowest BCUT2D eigenvalue weighted by Crippen LogP contribution is -2.14. The quantitative estimate of drug-likeness (QED) is 0.0541. The molecular weight excluding hydrogens is 584 g/mol. The molecule has 46 heavy (non-hydrogen) atoms. The molecule has 4 aromatic carbocycles. The second kappa shape index (κ2) is 16.4. The first-order valence-corrected chi connectivity index (χ1v) is 15.7. The molecule has 1 atom stereocenters. The molecule has 0 amide bonds.